The largest absolute Gasteiger partial charge is 0.465 e. The van der Waals surface area contributed by atoms with Crippen LogP contribution in [0, 0.1) is 11.8 Å². The van der Waals surface area contributed by atoms with E-state index in [1.807, 2.05) is 6.92 Å². The number of hydrogen-bond donors (Lipinski definition) is 4. The number of carbonyl (C=O) groups excluding carboxylic acids is 1. The Bertz CT molecular complexity index is 310. The third-order valence-corrected chi connectivity index (χ3v) is 3.73. The minimum Gasteiger partial charge on any atom is -0.465 e. The van der Waals surface area contributed by atoms with Gasteiger partial charge in [-0.1, -0.05) is 27.2 Å². The van der Waals surface area contributed by atoms with Gasteiger partial charge in [0.2, 0.25) is 5.91 Å². The van der Waals surface area contributed by atoms with Crippen molar-refractivity contribution in [1.29, 1.82) is 0 Å². The fourth-order valence-electron chi connectivity index (χ4n) is 2.23. The van der Waals surface area contributed by atoms with Crippen LogP contribution in [-0.2, 0) is 4.79 Å². The maximum Gasteiger partial charge on any atom is 0.405 e. The summed E-state index contributed by atoms with van der Waals surface area (Å²) in [6, 6.07) is -0.791. The number of nitrogens with one attached hydrogen (secondary N) is 2. The van der Waals surface area contributed by atoms with Crippen molar-refractivity contribution in [2.45, 2.75) is 59.0 Å². The van der Waals surface area contributed by atoms with Gasteiger partial charge >= 0.3 is 6.09 Å². The monoisotopic (exact) mass is 288 g/mol. The second-order valence-electron chi connectivity index (χ2n) is 5.43. The first-order chi connectivity index (χ1) is 9.33. The molecule has 0 unspecified atom stereocenters. The quantitative estimate of drug-likeness (QED) is 0.517. The van der Waals surface area contributed by atoms with Gasteiger partial charge in [-0.05, 0) is 31.6 Å². The number of hydrogen-bond acceptors (Lipinski definition) is 3. The Morgan fingerprint density at radius 2 is 1.70 bits per heavy atom. The van der Waals surface area contributed by atoms with Crippen LogP contribution in [-0.4, -0.2) is 40.9 Å². The van der Waals surface area contributed by atoms with Crippen LogP contribution in [0.25, 0.3) is 0 Å². The topological polar surface area (TPSA) is 98.7 Å². The molecule has 2 amide bonds. The molecule has 0 heterocycles. The smallest absolute Gasteiger partial charge is 0.405 e. The Hall–Kier alpha value is -1.30. The molecule has 0 saturated heterocycles. The predicted octanol–water partition coefficient (Wildman–Crippen LogP) is 1.58. The first kappa shape index (κ1) is 18.7. The molecule has 0 aliphatic carbocycles. The molecule has 20 heavy (non-hydrogen) atoms. The zero-order chi connectivity index (χ0) is 15.7. The van der Waals surface area contributed by atoms with E-state index in [1.54, 1.807) is 0 Å². The van der Waals surface area contributed by atoms with Gasteiger partial charge in [0.05, 0.1) is 0 Å². The number of amides is 2. The van der Waals surface area contributed by atoms with Crippen molar-refractivity contribution in [3.63, 3.8) is 0 Å². The van der Waals surface area contributed by atoms with Crippen molar-refractivity contribution in [1.82, 2.24) is 10.6 Å². The van der Waals surface area contributed by atoms with Gasteiger partial charge in [-0.25, -0.2) is 4.79 Å². The summed E-state index contributed by atoms with van der Waals surface area (Å²) in [5.41, 5.74) is 0. The van der Waals surface area contributed by atoms with Crippen LogP contribution >= 0.6 is 0 Å². The first-order valence-corrected chi connectivity index (χ1v) is 7.24. The summed E-state index contributed by atoms with van der Waals surface area (Å²) < 4.78 is 0. The highest BCUT2D eigenvalue weighted by Gasteiger charge is 2.26. The van der Waals surface area contributed by atoms with Gasteiger partial charge in [-0.2, -0.15) is 0 Å². The number of carbonyl (C=O) groups is 2. The van der Waals surface area contributed by atoms with E-state index in [0.29, 0.717) is 12.3 Å². The zero-order valence-electron chi connectivity index (χ0n) is 12.8. The van der Waals surface area contributed by atoms with Crippen molar-refractivity contribution in [3.05, 3.63) is 0 Å². The van der Waals surface area contributed by atoms with Crippen LogP contribution in [0.2, 0.25) is 0 Å². The SMILES string of the molecule is CC[C@H](C)[C@@H](NC(=O)[C@@H](C)NC(=O)O)[C@@H](C)CCCO. The Balaban J connectivity index is 4.63. The summed E-state index contributed by atoms with van der Waals surface area (Å²) in [5, 5.41) is 22.6. The fraction of sp³-hybridized carbons (Fsp3) is 0.857. The summed E-state index contributed by atoms with van der Waals surface area (Å²) in [4.78, 5) is 22.5. The van der Waals surface area contributed by atoms with Gasteiger partial charge in [0.25, 0.3) is 0 Å². The molecule has 118 valence electrons. The maximum atomic E-state index is 12.0. The van der Waals surface area contributed by atoms with E-state index in [1.165, 1.54) is 6.92 Å². The molecule has 0 saturated carbocycles. The molecule has 4 atom stereocenters. The molecule has 6 nitrogen and oxygen atoms in total. The Morgan fingerprint density at radius 3 is 2.15 bits per heavy atom. The summed E-state index contributed by atoms with van der Waals surface area (Å²) in [5.74, 6) is 0.219. The average molecular weight is 288 g/mol. The van der Waals surface area contributed by atoms with Crippen LogP contribution in [0.3, 0.4) is 0 Å². The molecule has 6 heteroatoms. The summed E-state index contributed by atoms with van der Waals surface area (Å²) in [6.45, 7) is 7.83. The molecular formula is C14H28N2O4. The van der Waals surface area contributed by atoms with Gasteiger partial charge in [0.15, 0.2) is 0 Å². The zero-order valence-corrected chi connectivity index (χ0v) is 12.8. The third kappa shape index (κ3) is 6.75. The molecule has 0 rings (SSSR count). The van der Waals surface area contributed by atoms with E-state index in [2.05, 4.69) is 24.5 Å². The van der Waals surface area contributed by atoms with E-state index in [9.17, 15) is 9.59 Å². The Labute approximate surface area is 120 Å². The minimum atomic E-state index is -1.21. The lowest BCUT2D eigenvalue weighted by Crippen LogP contribution is -2.51. The highest BCUT2D eigenvalue weighted by atomic mass is 16.4. The van der Waals surface area contributed by atoms with Gasteiger partial charge < -0.3 is 20.8 Å². The van der Waals surface area contributed by atoms with Crippen molar-refractivity contribution >= 4 is 12.0 Å². The van der Waals surface area contributed by atoms with Crippen LogP contribution in [0.5, 0.6) is 0 Å². The van der Waals surface area contributed by atoms with Crippen LogP contribution in [0.4, 0.5) is 4.79 Å². The molecule has 0 aliphatic heterocycles. The lowest BCUT2D eigenvalue weighted by atomic mass is 9.86. The van der Waals surface area contributed by atoms with Crippen molar-refractivity contribution in [3.8, 4) is 0 Å². The standard InChI is InChI=1S/C14H28N2O4/c1-5-9(2)12(10(3)7-6-8-17)16-13(18)11(4)15-14(19)20/h9-12,15,17H,5-8H2,1-4H3,(H,16,18)(H,19,20)/t9-,10-,11+,12+/m0/s1. The van der Waals surface area contributed by atoms with E-state index in [-0.39, 0.29) is 24.5 Å². The summed E-state index contributed by atoms with van der Waals surface area (Å²) in [6.07, 6.45) is 1.25. The number of carboxylic acid groups (broad SMARTS) is 1. The van der Waals surface area contributed by atoms with Gasteiger partial charge in [-0.15, -0.1) is 0 Å². The third-order valence-electron chi connectivity index (χ3n) is 3.73. The fourth-order valence-corrected chi connectivity index (χ4v) is 2.23. The molecule has 0 fully saturated rings. The molecule has 0 aromatic heterocycles. The van der Waals surface area contributed by atoms with Crippen molar-refractivity contribution < 1.29 is 19.8 Å². The number of aliphatic hydroxyl groups is 1. The first-order valence-electron chi connectivity index (χ1n) is 7.24. The van der Waals surface area contributed by atoms with Gasteiger partial charge in [0.1, 0.15) is 6.04 Å². The lowest BCUT2D eigenvalue weighted by Gasteiger charge is -2.31. The molecule has 4 N–H and O–H groups in total. The van der Waals surface area contributed by atoms with Gasteiger partial charge in [-0.3, -0.25) is 4.79 Å². The normalized spacial score (nSPS) is 16.9. The second-order valence-corrected chi connectivity index (χ2v) is 5.43. The number of rotatable bonds is 9. The average Bonchev–Trinajstić information content (AvgIpc) is 2.40. The predicted molar refractivity (Wildman–Crippen MR) is 77.5 cm³/mol. The highest BCUT2D eigenvalue weighted by Crippen LogP contribution is 2.20. The highest BCUT2D eigenvalue weighted by molar-refractivity contribution is 5.85. The summed E-state index contributed by atoms with van der Waals surface area (Å²) >= 11 is 0. The van der Waals surface area contributed by atoms with Crippen LogP contribution < -0.4 is 10.6 Å². The maximum absolute atomic E-state index is 12.0. The molecule has 0 aliphatic rings. The van der Waals surface area contributed by atoms with Crippen LogP contribution in [0.15, 0.2) is 0 Å². The van der Waals surface area contributed by atoms with Gasteiger partial charge in [0, 0.05) is 12.6 Å². The molecule has 0 radical (unpaired) electrons. The molecule has 0 bridgehead atoms. The van der Waals surface area contributed by atoms with Crippen LogP contribution in [0.1, 0.15) is 47.0 Å². The summed E-state index contributed by atoms with van der Waals surface area (Å²) in [7, 11) is 0. The van der Waals surface area contributed by atoms with Crippen molar-refractivity contribution in [2.24, 2.45) is 11.8 Å². The molecule has 0 aromatic carbocycles. The van der Waals surface area contributed by atoms with E-state index in [4.69, 9.17) is 10.2 Å². The van der Waals surface area contributed by atoms with Crippen molar-refractivity contribution in [2.75, 3.05) is 6.61 Å². The lowest BCUT2D eigenvalue weighted by molar-refractivity contribution is -0.124. The molecule has 0 aromatic rings. The second kappa shape index (κ2) is 9.58. The minimum absolute atomic E-state index is 0.0166. The van der Waals surface area contributed by atoms with E-state index < -0.39 is 12.1 Å². The Morgan fingerprint density at radius 1 is 1.10 bits per heavy atom. The Kier molecular flexibility index (Phi) is 8.96. The van der Waals surface area contributed by atoms with E-state index in [0.717, 1.165) is 12.8 Å². The molecular weight excluding hydrogens is 260 g/mol. The molecule has 0 spiro atoms. The number of aliphatic hydroxyl groups excluding tert-OH is 1. The van der Waals surface area contributed by atoms with E-state index >= 15 is 0 Å².